The maximum Gasteiger partial charge on any atom is 0.330 e. The van der Waals surface area contributed by atoms with Crippen molar-refractivity contribution < 1.29 is 14.7 Å². The summed E-state index contributed by atoms with van der Waals surface area (Å²) in [7, 11) is 0. The molecule has 0 bridgehead atoms. The van der Waals surface area contributed by atoms with E-state index in [9.17, 15) is 14.7 Å². The summed E-state index contributed by atoms with van der Waals surface area (Å²) < 4.78 is 0. The molecule has 4 nitrogen and oxygen atoms in total. The minimum Gasteiger partial charge on any atom is -0.479 e. The average molecular weight is 295 g/mol. The van der Waals surface area contributed by atoms with Crippen LogP contribution in [0.15, 0.2) is 60.7 Å². The molecule has 1 fully saturated rings. The van der Waals surface area contributed by atoms with Crippen LogP contribution in [0.2, 0.25) is 0 Å². The lowest BCUT2D eigenvalue weighted by molar-refractivity contribution is -0.177. The third-order valence-electron chi connectivity index (χ3n) is 4.18. The smallest absolute Gasteiger partial charge is 0.330 e. The summed E-state index contributed by atoms with van der Waals surface area (Å²) in [6, 6.07) is 18.9. The SMILES string of the molecule is O=C1C[C@](Cc2ccccc2)(C(=O)O)N1Cc1ccccc1. The van der Waals surface area contributed by atoms with Crippen LogP contribution in [0.25, 0.3) is 0 Å². The second-order valence-corrected chi connectivity index (χ2v) is 5.64. The third kappa shape index (κ3) is 2.48. The minimum absolute atomic E-state index is 0.0596. The van der Waals surface area contributed by atoms with Gasteiger partial charge in [-0.15, -0.1) is 0 Å². The number of amides is 1. The van der Waals surface area contributed by atoms with E-state index in [1.807, 2.05) is 60.7 Å². The molecule has 1 saturated heterocycles. The van der Waals surface area contributed by atoms with E-state index in [0.717, 1.165) is 11.1 Å². The van der Waals surface area contributed by atoms with Crippen LogP contribution in [0.5, 0.6) is 0 Å². The molecule has 1 N–H and O–H groups in total. The average Bonchev–Trinajstić information content (AvgIpc) is 2.54. The highest BCUT2D eigenvalue weighted by Gasteiger charge is 2.56. The van der Waals surface area contributed by atoms with Gasteiger partial charge in [-0.05, 0) is 11.1 Å². The second-order valence-electron chi connectivity index (χ2n) is 5.64. The summed E-state index contributed by atoms with van der Waals surface area (Å²) in [6.07, 6.45) is 0.395. The van der Waals surface area contributed by atoms with E-state index < -0.39 is 11.5 Å². The topological polar surface area (TPSA) is 57.6 Å². The fourth-order valence-electron chi connectivity index (χ4n) is 2.95. The number of benzene rings is 2. The van der Waals surface area contributed by atoms with Gasteiger partial charge < -0.3 is 10.0 Å². The summed E-state index contributed by atoms with van der Waals surface area (Å²) in [5.41, 5.74) is 0.735. The molecule has 1 aliphatic heterocycles. The molecular formula is C18H17NO3. The van der Waals surface area contributed by atoms with E-state index in [2.05, 4.69) is 0 Å². The zero-order valence-corrected chi connectivity index (χ0v) is 12.1. The molecule has 0 aliphatic carbocycles. The van der Waals surface area contributed by atoms with Crippen LogP contribution in [-0.4, -0.2) is 27.4 Å². The summed E-state index contributed by atoms with van der Waals surface area (Å²) in [5.74, 6) is -1.05. The van der Waals surface area contributed by atoms with E-state index in [4.69, 9.17) is 0 Å². The van der Waals surface area contributed by atoms with Crippen molar-refractivity contribution in [1.29, 1.82) is 0 Å². The Kier molecular flexibility index (Phi) is 3.67. The van der Waals surface area contributed by atoms with Gasteiger partial charge in [-0.25, -0.2) is 4.79 Å². The molecule has 1 atom stereocenters. The second kappa shape index (κ2) is 5.64. The Morgan fingerprint density at radius 1 is 1.00 bits per heavy atom. The van der Waals surface area contributed by atoms with Crippen molar-refractivity contribution in [1.82, 2.24) is 4.90 Å². The summed E-state index contributed by atoms with van der Waals surface area (Å²) in [5, 5.41) is 9.72. The first-order valence-corrected chi connectivity index (χ1v) is 7.23. The van der Waals surface area contributed by atoms with Gasteiger partial charge in [0.15, 0.2) is 5.54 Å². The van der Waals surface area contributed by atoms with Crippen LogP contribution in [0, 0.1) is 0 Å². The molecule has 1 amide bonds. The van der Waals surface area contributed by atoms with Gasteiger partial charge in [-0.1, -0.05) is 60.7 Å². The van der Waals surface area contributed by atoms with E-state index in [1.54, 1.807) is 0 Å². The van der Waals surface area contributed by atoms with Gasteiger partial charge in [0.1, 0.15) is 0 Å². The normalized spacial score (nSPS) is 20.5. The number of β-lactam (4-membered cyclic amide) rings is 1. The highest BCUT2D eigenvalue weighted by Crippen LogP contribution is 2.37. The summed E-state index contributed by atoms with van der Waals surface area (Å²) in [4.78, 5) is 25.4. The number of carbonyl (C=O) groups is 2. The van der Waals surface area contributed by atoms with Crippen LogP contribution in [0.3, 0.4) is 0 Å². The molecule has 4 heteroatoms. The largest absolute Gasteiger partial charge is 0.479 e. The standard InChI is InChI=1S/C18H17NO3/c20-16-12-18(17(21)22,11-14-7-3-1-4-8-14)19(16)13-15-9-5-2-6-10-15/h1-10H,11-13H2,(H,21,22)/t18-/m1/s1. The molecule has 0 aromatic heterocycles. The van der Waals surface area contributed by atoms with E-state index >= 15 is 0 Å². The van der Waals surface area contributed by atoms with Gasteiger partial charge >= 0.3 is 5.97 Å². The van der Waals surface area contributed by atoms with Crippen LogP contribution in [0.1, 0.15) is 17.5 Å². The monoisotopic (exact) mass is 295 g/mol. The molecular weight excluding hydrogens is 278 g/mol. The molecule has 1 heterocycles. The predicted molar refractivity (Wildman–Crippen MR) is 82.1 cm³/mol. The Hall–Kier alpha value is -2.62. The van der Waals surface area contributed by atoms with Gasteiger partial charge in [0.05, 0.1) is 6.42 Å². The van der Waals surface area contributed by atoms with Gasteiger partial charge in [0.25, 0.3) is 0 Å². The van der Waals surface area contributed by atoms with Crippen molar-refractivity contribution in [3.8, 4) is 0 Å². The summed E-state index contributed by atoms with van der Waals surface area (Å²) in [6.45, 7) is 0.332. The molecule has 3 rings (SSSR count). The Balaban J connectivity index is 1.87. The molecule has 0 unspecified atom stereocenters. The first-order chi connectivity index (χ1) is 10.6. The molecule has 2 aromatic rings. The van der Waals surface area contributed by atoms with Crippen LogP contribution < -0.4 is 0 Å². The third-order valence-corrected chi connectivity index (χ3v) is 4.18. The lowest BCUT2D eigenvalue weighted by atomic mass is 9.78. The van der Waals surface area contributed by atoms with E-state index in [1.165, 1.54) is 4.90 Å². The van der Waals surface area contributed by atoms with Crippen molar-refractivity contribution in [2.75, 3.05) is 0 Å². The molecule has 112 valence electrons. The number of carbonyl (C=O) groups excluding carboxylic acids is 1. The zero-order chi connectivity index (χ0) is 15.6. The quantitative estimate of drug-likeness (QED) is 0.862. The number of rotatable bonds is 5. The lowest BCUT2D eigenvalue weighted by Gasteiger charge is -2.49. The van der Waals surface area contributed by atoms with Crippen molar-refractivity contribution in [3.05, 3.63) is 71.8 Å². The van der Waals surface area contributed by atoms with Crippen molar-refractivity contribution >= 4 is 11.9 Å². The highest BCUT2D eigenvalue weighted by molar-refractivity contribution is 5.98. The number of likely N-dealkylation sites (tertiary alicyclic amines) is 1. The maximum absolute atomic E-state index is 12.0. The number of hydrogen-bond donors (Lipinski definition) is 1. The first-order valence-electron chi connectivity index (χ1n) is 7.23. The number of nitrogens with zero attached hydrogens (tertiary/aromatic N) is 1. The zero-order valence-electron chi connectivity index (χ0n) is 12.1. The van der Waals surface area contributed by atoms with Crippen LogP contribution in [0.4, 0.5) is 0 Å². The number of carboxylic acids is 1. The van der Waals surface area contributed by atoms with Crippen LogP contribution in [-0.2, 0) is 22.6 Å². The Morgan fingerprint density at radius 2 is 1.55 bits per heavy atom. The molecule has 0 saturated carbocycles. The minimum atomic E-state index is -1.13. The van der Waals surface area contributed by atoms with Gasteiger partial charge in [0.2, 0.25) is 5.91 Å². The van der Waals surface area contributed by atoms with Gasteiger partial charge in [-0.3, -0.25) is 4.79 Å². The molecule has 0 spiro atoms. The van der Waals surface area contributed by atoms with E-state index in [0.29, 0.717) is 13.0 Å². The Labute approximate surface area is 129 Å². The van der Waals surface area contributed by atoms with Crippen molar-refractivity contribution in [2.24, 2.45) is 0 Å². The molecule has 22 heavy (non-hydrogen) atoms. The lowest BCUT2D eigenvalue weighted by Crippen LogP contribution is -2.68. The van der Waals surface area contributed by atoms with Crippen LogP contribution >= 0.6 is 0 Å². The summed E-state index contributed by atoms with van der Waals surface area (Å²) >= 11 is 0. The number of hydrogen-bond acceptors (Lipinski definition) is 2. The van der Waals surface area contributed by atoms with E-state index in [-0.39, 0.29) is 12.3 Å². The van der Waals surface area contributed by atoms with Gasteiger partial charge in [0, 0.05) is 13.0 Å². The molecule has 0 radical (unpaired) electrons. The highest BCUT2D eigenvalue weighted by atomic mass is 16.4. The maximum atomic E-state index is 12.0. The Morgan fingerprint density at radius 3 is 2.05 bits per heavy atom. The predicted octanol–water partition coefficient (Wildman–Crippen LogP) is 2.49. The van der Waals surface area contributed by atoms with Gasteiger partial charge in [-0.2, -0.15) is 0 Å². The fraction of sp³-hybridized carbons (Fsp3) is 0.222. The number of aliphatic carboxylic acids is 1. The van der Waals surface area contributed by atoms with Crippen molar-refractivity contribution in [3.63, 3.8) is 0 Å². The van der Waals surface area contributed by atoms with Crippen molar-refractivity contribution in [2.45, 2.75) is 24.9 Å². The Bertz CT molecular complexity index is 684. The molecule has 2 aromatic carbocycles. The fourth-order valence-corrected chi connectivity index (χ4v) is 2.95. The first kappa shape index (κ1) is 14.3. The molecule has 1 aliphatic rings. The number of carboxylic acid groups (broad SMARTS) is 1.